The lowest BCUT2D eigenvalue weighted by Gasteiger charge is -2.11. The van der Waals surface area contributed by atoms with Crippen LogP contribution in [0.25, 0.3) is 6.08 Å². The number of benzene rings is 2. The highest BCUT2D eigenvalue weighted by Gasteiger charge is 2.14. The average Bonchev–Trinajstić information content (AvgIpc) is 2.63. The Balaban J connectivity index is 2.32. The fourth-order valence-corrected chi connectivity index (χ4v) is 2.46. The highest BCUT2D eigenvalue weighted by molar-refractivity contribution is 6.32. The second-order valence-electron chi connectivity index (χ2n) is 5.09. The number of amides is 1. The molecule has 0 bridgehead atoms. The van der Waals surface area contributed by atoms with E-state index in [0.29, 0.717) is 39.4 Å². The molecule has 5 nitrogen and oxygen atoms in total. The molecule has 7 heteroatoms. The van der Waals surface area contributed by atoms with Crippen LogP contribution in [0.3, 0.4) is 0 Å². The Morgan fingerprint density at radius 2 is 1.92 bits per heavy atom. The number of anilines is 1. The first kappa shape index (κ1) is 19.6. The molecule has 0 spiro atoms. The van der Waals surface area contributed by atoms with Crippen LogP contribution in [0, 0.1) is 11.3 Å². The van der Waals surface area contributed by atoms with Crippen LogP contribution in [0.4, 0.5) is 5.69 Å². The Morgan fingerprint density at radius 3 is 2.50 bits per heavy atom. The third-order valence-corrected chi connectivity index (χ3v) is 3.93. The molecule has 0 radical (unpaired) electrons. The van der Waals surface area contributed by atoms with Gasteiger partial charge in [0.15, 0.2) is 11.5 Å². The first-order valence-electron chi connectivity index (χ1n) is 7.67. The van der Waals surface area contributed by atoms with Gasteiger partial charge in [-0.25, -0.2) is 0 Å². The van der Waals surface area contributed by atoms with Crippen LogP contribution in [-0.2, 0) is 4.79 Å². The lowest BCUT2D eigenvalue weighted by Crippen LogP contribution is -2.13. The number of nitriles is 1. The minimum absolute atomic E-state index is 0.102. The maximum Gasteiger partial charge on any atom is 0.266 e. The molecular weight excluding hydrogens is 375 g/mol. The molecule has 134 valence electrons. The number of ether oxygens (including phenoxy) is 2. The Bertz CT molecular complexity index is 872. The number of hydrogen-bond donors (Lipinski definition) is 1. The summed E-state index contributed by atoms with van der Waals surface area (Å²) in [5.74, 6) is 0.388. The fourth-order valence-electron chi connectivity index (χ4n) is 2.13. The van der Waals surface area contributed by atoms with Crippen molar-refractivity contribution in [2.75, 3.05) is 19.0 Å². The summed E-state index contributed by atoms with van der Waals surface area (Å²) in [6, 6.07) is 11.6. The second kappa shape index (κ2) is 9.14. The van der Waals surface area contributed by atoms with Crippen molar-refractivity contribution in [3.63, 3.8) is 0 Å². The molecule has 26 heavy (non-hydrogen) atoms. The topological polar surface area (TPSA) is 71.3 Å². The van der Waals surface area contributed by atoms with Gasteiger partial charge >= 0.3 is 0 Å². The van der Waals surface area contributed by atoms with E-state index in [2.05, 4.69) is 5.32 Å². The van der Waals surface area contributed by atoms with Gasteiger partial charge in [-0.05, 0) is 48.9 Å². The number of nitrogens with one attached hydrogen (secondary N) is 1. The van der Waals surface area contributed by atoms with Crippen molar-refractivity contribution in [1.29, 1.82) is 5.26 Å². The third kappa shape index (κ3) is 4.92. The summed E-state index contributed by atoms with van der Waals surface area (Å²) in [6.45, 7) is 2.27. The molecule has 0 aliphatic rings. The zero-order valence-corrected chi connectivity index (χ0v) is 15.7. The van der Waals surface area contributed by atoms with E-state index in [0.717, 1.165) is 0 Å². The molecular formula is C19H16Cl2N2O3. The van der Waals surface area contributed by atoms with Crippen molar-refractivity contribution in [3.8, 4) is 17.6 Å². The second-order valence-corrected chi connectivity index (χ2v) is 5.93. The third-order valence-electron chi connectivity index (χ3n) is 3.35. The van der Waals surface area contributed by atoms with Gasteiger partial charge in [-0.15, -0.1) is 0 Å². The monoisotopic (exact) mass is 390 g/mol. The van der Waals surface area contributed by atoms with Gasteiger partial charge in [0.1, 0.15) is 11.6 Å². The van der Waals surface area contributed by atoms with Gasteiger partial charge < -0.3 is 14.8 Å². The van der Waals surface area contributed by atoms with Gasteiger partial charge in [0.2, 0.25) is 0 Å². The maximum absolute atomic E-state index is 12.3. The zero-order valence-electron chi connectivity index (χ0n) is 14.2. The van der Waals surface area contributed by atoms with E-state index in [-0.39, 0.29) is 5.57 Å². The molecule has 1 amide bonds. The molecule has 0 unspecified atom stereocenters. The molecule has 0 saturated carbocycles. The number of rotatable bonds is 6. The SMILES string of the molecule is CCOc1cc(/C=C(\C#N)C(=O)Nc2ccc(Cl)cc2)c(Cl)cc1OC. The lowest BCUT2D eigenvalue weighted by molar-refractivity contribution is -0.112. The summed E-state index contributed by atoms with van der Waals surface area (Å²) in [7, 11) is 1.50. The van der Waals surface area contributed by atoms with Gasteiger partial charge in [0, 0.05) is 16.8 Å². The predicted octanol–water partition coefficient (Wildman–Crippen LogP) is 4.95. The quantitative estimate of drug-likeness (QED) is 0.559. The first-order chi connectivity index (χ1) is 12.5. The van der Waals surface area contributed by atoms with Crippen molar-refractivity contribution in [2.45, 2.75) is 6.92 Å². The normalized spacial score (nSPS) is 10.8. The summed E-state index contributed by atoms with van der Waals surface area (Å²) < 4.78 is 10.7. The van der Waals surface area contributed by atoms with Gasteiger partial charge in [-0.2, -0.15) is 5.26 Å². The van der Waals surface area contributed by atoms with E-state index in [1.807, 2.05) is 13.0 Å². The Kier molecular flexibility index (Phi) is 6.90. The van der Waals surface area contributed by atoms with Crippen LogP contribution in [0.2, 0.25) is 10.0 Å². The summed E-state index contributed by atoms with van der Waals surface area (Å²) in [6.07, 6.45) is 1.40. The smallest absolute Gasteiger partial charge is 0.266 e. The van der Waals surface area contributed by atoms with Crippen molar-refractivity contribution in [1.82, 2.24) is 0 Å². The number of carbonyl (C=O) groups is 1. The van der Waals surface area contributed by atoms with E-state index < -0.39 is 5.91 Å². The maximum atomic E-state index is 12.3. The number of hydrogen-bond acceptors (Lipinski definition) is 4. The minimum atomic E-state index is -0.556. The molecule has 0 atom stereocenters. The molecule has 0 saturated heterocycles. The molecule has 0 aromatic heterocycles. The van der Waals surface area contributed by atoms with E-state index in [9.17, 15) is 10.1 Å². The van der Waals surface area contributed by atoms with Crippen LogP contribution in [0.5, 0.6) is 11.5 Å². The Morgan fingerprint density at radius 1 is 1.23 bits per heavy atom. The van der Waals surface area contributed by atoms with Crippen molar-refractivity contribution in [3.05, 3.63) is 57.6 Å². The van der Waals surface area contributed by atoms with Crippen LogP contribution in [-0.4, -0.2) is 19.6 Å². The number of nitrogens with zero attached hydrogens (tertiary/aromatic N) is 1. The van der Waals surface area contributed by atoms with Gasteiger partial charge in [-0.3, -0.25) is 4.79 Å². The molecule has 0 aliphatic carbocycles. The van der Waals surface area contributed by atoms with Crippen LogP contribution in [0.1, 0.15) is 12.5 Å². The van der Waals surface area contributed by atoms with E-state index in [4.69, 9.17) is 32.7 Å². The lowest BCUT2D eigenvalue weighted by atomic mass is 10.1. The molecule has 2 aromatic rings. The van der Waals surface area contributed by atoms with Crippen molar-refractivity contribution in [2.24, 2.45) is 0 Å². The summed E-state index contributed by atoms with van der Waals surface area (Å²) in [5, 5.41) is 12.9. The Hall–Kier alpha value is -2.68. The van der Waals surface area contributed by atoms with Gasteiger partial charge in [-0.1, -0.05) is 23.2 Å². The zero-order chi connectivity index (χ0) is 19.1. The summed E-state index contributed by atoms with van der Waals surface area (Å²) in [4.78, 5) is 12.3. The largest absolute Gasteiger partial charge is 0.493 e. The average molecular weight is 391 g/mol. The predicted molar refractivity (Wildman–Crippen MR) is 103 cm³/mol. The number of methoxy groups -OCH3 is 1. The number of halogens is 2. The van der Waals surface area contributed by atoms with Crippen molar-refractivity contribution < 1.29 is 14.3 Å². The van der Waals surface area contributed by atoms with Gasteiger partial charge in [0.05, 0.1) is 18.7 Å². The fraction of sp³-hybridized carbons (Fsp3) is 0.158. The van der Waals surface area contributed by atoms with Gasteiger partial charge in [0.25, 0.3) is 5.91 Å². The molecule has 2 rings (SSSR count). The van der Waals surface area contributed by atoms with E-state index in [1.165, 1.54) is 13.2 Å². The highest BCUT2D eigenvalue weighted by Crippen LogP contribution is 2.34. The number of carbonyl (C=O) groups excluding carboxylic acids is 1. The highest BCUT2D eigenvalue weighted by atomic mass is 35.5. The minimum Gasteiger partial charge on any atom is -0.493 e. The van der Waals surface area contributed by atoms with E-state index in [1.54, 1.807) is 36.4 Å². The van der Waals surface area contributed by atoms with Crippen LogP contribution >= 0.6 is 23.2 Å². The van der Waals surface area contributed by atoms with Crippen molar-refractivity contribution >= 4 is 40.9 Å². The van der Waals surface area contributed by atoms with Crippen LogP contribution < -0.4 is 14.8 Å². The molecule has 1 N–H and O–H groups in total. The summed E-state index contributed by atoms with van der Waals surface area (Å²) in [5.41, 5.74) is 0.893. The standard InChI is InChI=1S/C19H16Cl2N2O3/c1-3-26-18-9-12(16(21)10-17(18)25-2)8-13(11-22)19(24)23-15-6-4-14(20)5-7-15/h4-10H,3H2,1-2H3,(H,23,24)/b13-8+. The van der Waals surface area contributed by atoms with Crippen LogP contribution in [0.15, 0.2) is 42.0 Å². The molecule has 0 heterocycles. The van der Waals surface area contributed by atoms with E-state index >= 15 is 0 Å². The molecule has 0 aliphatic heterocycles. The molecule has 0 fully saturated rings. The summed E-state index contributed by atoms with van der Waals surface area (Å²) >= 11 is 12.0. The first-order valence-corrected chi connectivity index (χ1v) is 8.43. The Labute approximate surface area is 161 Å². The molecule has 2 aromatic carbocycles.